The molecule has 0 spiro atoms. The van der Waals surface area contributed by atoms with E-state index in [-0.39, 0.29) is 34.9 Å². The van der Waals surface area contributed by atoms with Crippen LogP contribution in [0.4, 0.5) is 0 Å². The summed E-state index contributed by atoms with van der Waals surface area (Å²) in [5.74, 6) is 1.91. The molecule has 0 radical (unpaired) electrons. The minimum absolute atomic E-state index is 0.0862. The van der Waals surface area contributed by atoms with Crippen molar-refractivity contribution >= 4 is 0 Å². The van der Waals surface area contributed by atoms with Crippen molar-refractivity contribution in [1.82, 2.24) is 0 Å². The minimum atomic E-state index is -1.30. The summed E-state index contributed by atoms with van der Waals surface area (Å²) in [4.78, 5) is 0. The molecule has 0 aromatic heterocycles. The third-order valence-electron chi connectivity index (χ3n) is 12.6. The highest BCUT2D eigenvalue weighted by Gasteiger charge is 2.64. The summed E-state index contributed by atoms with van der Waals surface area (Å²) in [6.45, 7) is 17.3. The maximum absolute atomic E-state index is 11.9. The summed E-state index contributed by atoms with van der Waals surface area (Å²) in [5.41, 5.74) is 2.37. The molecule has 5 aliphatic rings. The molecule has 5 N–H and O–H groups in total. The minimum Gasteiger partial charge on any atom is -0.393 e. The van der Waals surface area contributed by atoms with Crippen molar-refractivity contribution in [1.29, 1.82) is 0 Å². The van der Waals surface area contributed by atoms with Crippen molar-refractivity contribution in [2.75, 3.05) is 0 Å². The van der Waals surface area contributed by atoms with Crippen molar-refractivity contribution < 1.29 is 35.0 Å². The van der Waals surface area contributed by atoms with Gasteiger partial charge in [0.1, 0.15) is 18.3 Å². The molecule has 1 saturated heterocycles. The SMILES string of the molecule is C=C(CC[C@@H](C)[C@H]1[C@@H](O)C[C@H]2[C@@H]3CC=C4C[C@@H](O[C@@H]5O[C@@H](C)[C@@H](O)[C@@H](O)[C@@H]5O)CC[C@]4(C)[C@H]3[C@H](O)C[C@]12C)C(C)C. The van der Waals surface area contributed by atoms with Crippen LogP contribution in [-0.2, 0) is 9.47 Å². The van der Waals surface area contributed by atoms with E-state index in [0.29, 0.717) is 30.1 Å². The number of aliphatic hydroxyl groups is 5. The predicted octanol–water partition coefficient (Wildman–Crippen LogP) is 4.35. The van der Waals surface area contributed by atoms with Gasteiger partial charge in [-0.2, -0.15) is 0 Å². The summed E-state index contributed by atoms with van der Waals surface area (Å²) in [6, 6.07) is 0. The maximum Gasteiger partial charge on any atom is 0.186 e. The second kappa shape index (κ2) is 11.6. The van der Waals surface area contributed by atoms with Crippen LogP contribution >= 0.6 is 0 Å². The van der Waals surface area contributed by atoms with Crippen LogP contribution in [0.2, 0.25) is 0 Å². The third kappa shape index (κ3) is 5.40. The number of rotatable bonds is 7. The fourth-order valence-corrected chi connectivity index (χ4v) is 10.2. The van der Waals surface area contributed by atoms with Gasteiger partial charge in [-0.25, -0.2) is 0 Å². The third-order valence-corrected chi connectivity index (χ3v) is 12.6. The second-order valence-corrected chi connectivity index (χ2v) is 15.3. The second-order valence-electron chi connectivity index (χ2n) is 15.3. The fourth-order valence-electron chi connectivity index (χ4n) is 10.2. The molecule has 0 aromatic carbocycles. The number of hydrogen-bond donors (Lipinski definition) is 5. The van der Waals surface area contributed by atoms with Crippen molar-refractivity contribution in [3.05, 3.63) is 23.8 Å². The number of ether oxygens (including phenoxy) is 2. The standard InChI is InChI=1S/C34H56O7/c1-17(2)18(3)8-9-19(4)27-25(35)15-24-23-11-10-21-14-22(41-32-31(39)30(38)29(37)20(5)40-32)12-13-33(21,6)28(23)26(36)16-34(24,27)7/h10,17,19-20,22-32,35-39H,3,8-9,11-16H2,1-2,4-7H3/t19-,20+,22+,23+,24+,25+,26-,27+,28-,29-,30-,31+,32+,33+,34+/m1/s1. The highest BCUT2D eigenvalue weighted by Crippen LogP contribution is 2.67. The Labute approximate surface area is 247 Å². The Morgan fingerprint density at radius 2 is 1.78 bits per heavy atom. The Bertz CT molecular complexity index is 996. The van der Waals surface area contributed by atoms with Gasteiger partial charge in [0.05, 0.1) is 24.4 Å². The molecule has 0 unspecified atom stereocenters. The van der Waals surface area contributed by atoms with E-state index in [2.05, 4.69) is 47.3 Å². The average molecular weight is 577 g/mol. The fraction of sp³-hybridized carbons (Fsp3) is 0.882. The van der Waals surface area contributed by atoms with Gasteiger partial charge in [0.2, 0.25) is 0 Å². The molecule has 0 aromatic rings. The van der Waals surface area contributed by atoms with Gasteiger partial charge in [-0.1, -0.05) is 58.4 Å². The van der Waals surface area contributed by atoms with E-state index in [0.717, 1.165) is 44.9 Å². The molecule has 0 amide bonds. The maximum atomic E-state index is 11.9. The summed E-state index contributed by atoms with van der Waals surface area (Å²) in [7, 11) is 0. The van der Waals surface area contributed by atoms with E-state index in [1.165, 1.54) is 11.1 Å². The molecular weight excluding hydrogens is 520 g/mol. The Kier molecular flexibility index (Phi) is 8.95. The van der Waals surface area contributed by atoms with Gasteiger partial charge < -0.3 is 35.0 Å². The van der Waals surface area contributed by atoms with Crippen LogP contribution < -0.4 is 0 Å². The lowest BCUT2D eigenvalue weighted by Crippen LogP contribution is -2.59. The predicted molar refractivity (Wildman–Crippen MR) is 158 cm³/mol. The normalized spacial score (nSPS) is 50.5. The lowest BCUT2D eigenvalue weighted by Gasteiger charge is -2.60. The highest BCUT2D eigenvalue weighted by atomic mass is 16.7. The van der Waals surface area contributed by atoms with Crippen LogP contribution in [0.1, 0.15) is 92.9 Å². The van der Waals surface area contributed by atoms with E-state index in [4.69, 9.17) is 9.47 Å². The van der Waals surface area contributed by atoms with Crippen molar-refractivity contribution in [3.63, 3.8) is 0 Å². The van der Waals surface area contributed by atoms with E-state index < -0.39 is 36.8 Å². The molecule has 0 bridgehead atoms. The van der Waals surface area contributed by atoms with Gasteiger partial charge in [0.15, 0.2) is 6.29 Å². The molecule has 4 aliphatic carbocycles. The molecule has 15 atom stereocenters. The van der Waals surface area contributed by atoms with Gasteiger partial charge in [-0.15, -0.1) is 0 Å². The van der Waals surface area contributed by atoms with Gasteiger partial charge in [0, 0.05) is 0 Å². The van der Waals surface area contributed by atoms with Crippen LogP contribution in [0, 0.1) is 46.3 Å². The lowest BCUT2D eigenvalue weighted by molar-refractivity contribution is -0.306. The van der Waals surface area contributed by atoms with E-state index in [1.807, 2.05) is 0 Å². The topological polar surface area (TPSA) is 120 Å². The van der Waals surface area contributed by atoms with Crippen LogP contribution in [-0.4, -0.2) is 74.6 Å². The molecule has 4 fully saturated rings. The van der Waals surface area contributed by atoms with Crippen LogP contribution in [0.15, 0.2) is 23.8 Å². The Morgan fingerprint density at radius 1 is 1.07 bits per heavy atom. The molecule has 7 nitrogen and oxygen atoms in total. The van der Waals surface area contributed by atoms with Crippen LogP contribution in [0.3, 0.4) is 0 Å². The van der Waals surface area contributed by atoms with Gasteiger partial charge in [0.25, 0.3) is 0 Å². The lowest BCUT2D eigenvalue weighted by atomic mass is 9.46. The summed E-state index contributed by atoms with van der Waals surface area (Å²) in [5, 5.41) is 54.1. The smallest absolute Gasteiger partial charge is 0.186 e. The number of allylic oxidation sites excluding steroid dienone is 2. The first-order valence-electron chi connectivity index (χ1n) is 16.3. The molecule has 234 valence electrons. The summed E-state index contributed by atoms with van der Waals surface area (Å²) >= 11 is 0. The van der Waals surface area contributed by atoms with Crippen molar-refractivity contribution in [2.24, 2.45) is 46.3 Å². The van der Waals surface area contributed by atoms with E-state index in [1.54, 1.807) is 6.92 Å². The van der Waals surface area contributed by atoms with E-state index in [9.17, 15) is 25.5 Å². The Hall–Kier alpha value is -0.800. The average Bonchev–Trinajstić information content (AvgIpc) is 3.18. The molecular formula is C34H56O7. The first-order valence-corrected chi connectivity index (χ1v) is 16.3. The zero-order chi connectivity index (χ0) is 30.0. The van der Waals surface area contributed by atoms with Crippen molar-refractivity contribution in [2.45, 2.75) is 142 Å². The van der Waals surface area contributed by atoms with E-state index >= 15 is 0 Å². The zero-order valence-corrected chi connectivity index (χ0v) is 26.1. The van der Waals surface area contributed by atoms with Gasteiger partial charge >= 0.3 is 0 Å². The Balaban J connectivity index is 1.30. The monoisotopic (exact) mass is 576 g/mol. The van der Waals surface area contributed by atoms with Crippen LogP contribution in [0.25, 0.3) is 0 Å². The number of hydrogen-bond acceptors (Lipinski definition) is 7. The van der Waals surface area contributed by atoms with Crippen molar-refractivity contribution in [3.8, 4) is 0 Å². The largest absolute Gasteiger partial charge is 0.393 e. The molecule has 1 aliphatic heterocycles. The van der Waals surface area contributed by atoms with Crippen LogP contribution in [0.5, 0.6) is 0 Å². The quantitative estimate of drug-likeness (QED) is 0.286. The molecule has 5 rings (SSSR count). The van der Waals surface area contributed by atoms with Gasteiger partial charge in [-0.3, -0.25) is 0 Å². The summed E-state index contributed by atoms with van der Waals surface area (Å²) < 4.78 is 11.9. The highest BCUT2D eigenvalue weighted by molar-refractivity contribution is 5.27. The molecule has 1 heterocycles. The zero-order valence-electron chi connectivity index (χ0n) is 26.1. The summed E-state index contributed by atoms with van der Waals surface area (Å²) in [6.07, 6.45) is 2.93. The molecule has 7 heteroatoms. The first kappa shape index (κ1) is 31.6. The number of aliphatic hydroxyl groups excluding tert-OH is 5. The molecule has 41 heavy (non-hydrogen) atoms. The van der Waals surface area contributed by atoms with Gasteiger partial charge in [-0.05, 0) is 105 Å². The Morgan fingerprint density at radius 3 is 2.46 bits per heavy atom. The number of fused-ring (bicyclic) bond motifs is 5. The molecule has 3 saturated carbocycles. The first-order chi connectivity index (χ1) is 19.2.